The molecular weight excluding hydrogens is 522 g/mol. The number of fused-ring (bicyclic) bond motifs is 1. The van der Waals surface area contributed by atoms with Crippen molar-refractivity contribution in [3.8, 4) is 22.3 Å². The Kier molecular flexibility index (Phi) is 7.03. The molecule has 2 N–H and O–H groups in total. The van der Waals surface area contributed by atoms with E-state index in [1.807, 2.05) is 6.07 Å². The summed E-state index contributed by atoms with van der Waals surface area (Å²) in [7, 11) is 2.20. The molecule has 0 bridgehead atoms. The molecule has 9 heteroatoms. The van der Waals surface area contributed by atoms with Crippen molar-refractivity contribution in [2.24, 2.45) is 0 Å². The molecule has 1 saturated carbocycles. The topological polar surface area (TPSA) is 63.2 Å². The molecule has 0 amide bonds. The molecule has 2 aliphatic rings. The van der Waals surface area contributed by atoms with Crippen LogP contribution in [0.5, 0.6) is 0 Å². The SMILES string of the molecule is CN1CCN(C2CCC(n3cc(-c4ccc(-c5c(Cl)cccc5Cl)c(F)c4)c4c(N)ncnc43)CC2)CC1. The number of hydrogen-bond donors (Lipinski definition) is 1. The number of piperazine rings is 1. The molecule has 0 atom stereocenters. The number of benzene rings is 2. The molecule has 6 nitrogen and oxygen atoms in total. The Morgan fingerprint density at radius 1 is 0.895 bits per heavy atom. The summed E-state index contributed by atoms with van der Waals surface area (Å²) in [6, 6.07) is 11.2. The van der Waals surface area contributed by atoms with Crippen LogP contribution in [-0.2, 0) is 0 Å². The molecule has 0 unspecified atom stereocenters. The van der Waals surface area contributed by atoms with Crippen molar-refractivity contribution < 1.29 is 4.39 Å². The Bertz CT molecular complexity index is 1450. The van der Waals surface area contributed by atoms with E-state index < -0.39 is 5.82 Å². The van der Waals surface area contributed by atoms with E-state index >= 15 is 4.39 Å². The van der Waals surface area contributed by atoms with Crippen molar-refractivity contribution in [2.75, 3.05) is 39.0 Å². The maximum absolute atomic E-state index is 15.5. The molecule has 3 heterocycles. The highest BCUT2D eigenvalue weighted by atomic mass is 35.5. The van der Waals surface area contributed by atoms with Gasteiger partial charge in [-0.05, 0) is 56.5 Å². The van der Waals surface area contributed by atoms with E-state index in [1.54, 1.807) is 24.3 Å². The predicted octanol–water partition coefficient (Wildman–Crippen LogP) is 6.52. The number of aromatic nitrogens is 3. The predicted molar refractivity (Wildman–Crippen MR) is 153 cm³/mol. The normalized spacial score (nSPS) is 21.3. The van der Waals surface area contributed by atoms with Crippen LogP contribution in [0.2, 0.25) is 10.0 Å². The summed E-state index contributed by atoms with van der Waals surface area (Å²) in [4.78, 5) is 13.9. The number of hydrogen-bond acceptors (Lipinski definition) is 5. The first kappa shape index (κ1) is 25.6. The third kappa shape index (κ3) is 4.66. The van der Waals surface area contributed by atoms with Gasteiger partial charge in [-0.3, -0.25) is 4.90 Å². The minimum atomic E-state index is -0.401. The molecule has 2 fully saturated rings. The molecule has 198 valence electrons. The second-order valence-electron chi connectivity index (χ2n) is 10.5. The maximum atomic E-state index is 15.5. The van der Waals surface area contributed by atoms with Crippen molar-refractivity contribution in [1.82, 2.24) is 24.3 Å². The fourth-order valence-electron chi connectivity index (χ4n) is 6.13. The maximum Gasteiger partial charge on any atom is 0.146 e. The van der Waals surface area contributed by atoms with Crippen molar-refractivity contribution in [2.45, 2.75) is 37.8 Å². The van der Waals surface area contributed by atoms with Crippen LogP contribution < -0.4 is 5.73 Å². The zero-order chi connectivity index (χ0) is 26.4. The Morgan fingerprint density at radius 2 is 1.58 bits per heavy atom. The first-order valence-electron chi connectivity index (χ1n) is 13.2. The number of nitrogens with two attached hydrogens (primary N) is 1. The molecule has 2 aromatic heterocycles. The van der Waals surface area contributed by atoms with E-state index in [2.05, 4.69) is 37.6 Å². The van der Waals surface area contributed by atoms with Crippen molar-refractivity contribution in [3.05, 3.63) is 64.8 Å². The lowest BCUT2D eigenvalue weighted by Crippen LogP contribution is -2.49. The number of nitrogen functional groups attached to an aromatic ring is 1. The number of likely N-dealkylation sites (N-methyl/N-ethyl adjacent to an activating group) is 1. The van der Waals surface area contributed by atoms with Crippen LogP contribution in [0.1, 0.15) is 31.7 Å². The van der Waals surface area contributed by atoms with Crippen LogP contribution in [0.3, 0.4) is 0 Å². The van der Waals surface area contributed by atoms with Gasteiger partial charge < -0.3 is 15.2 Å². The van der Waals surface area contributed by atoms with Crippen molar-refractivity contribution in [3.63, 3.8) is 0 Å². The van der Waals surface area contributed by atoms with Gasteiger partial charge in [-0.15, -0.1) is 0 Å². The third-order valence-corrected chi connectivity index (χ3v) is 8.89. The summed E-state index contributed by atoms with van der Waals surface area (Å²) in [5.74, 6) is -0.00462. The number of nitrogens with zero attached hydrogens (tertiary/aromatic N) is 5. The summed E-state index contributed by atoms with van der Waals surface area (Å²) < 4.78 is 17.7. The van der Waals surface area contributed by atoms with Gasteiger partial charge in [0, 0.05) is 71.2 Å². The second-order valence-corrected chi connectivity index (χ2v) is 11.3. The highest BCUT2D eigenvalue weighted by Gasteiger charge is 2.30. The highest BCUT2D eigenvalue weighted by molar-refractivity contribution is 6.39. The molecule has 2 aromatic carbocycles. The van der Waals surface area contributed by atoms with Crippen molar-refractivity contribution >= 4 is 40.1 Å². The average molecular weight is 554 g/mol. The largest absolute Gasteiger partial charge is 0.383 e. The molecule has 6 rings (SSSR count). The van der Waals surface area contributed by atoms with Crippen molar-refractivity contribution in [1.29, 1.82) is 0 Å². The smallest absolute Gasteiger partial charge is 0.146 e. The van der Waals surface area contributed by atoms with Gasteiger partial charge in [0.25, 0.3) is 0 Å². The quantitative estimate of drug-likeness (QED) is 0.312. The first-order chi connectivity index (χ1) is 18.4. The number of anilines is 1. The van der Waals surface area contributed by atoms with Gasteiger partial charge in [-0.1, -0.05) is 41.4 Å². The van der Waals surface area contributed by atoms with Gasteiger partial charge in [-0.2, -0.15) is 0 Å². The van der Waals surface area contributed by atoms with E-state index in [1.165, 1.54) is 12.4 Å². The summed E-state index contributed by atoms with van der Waals surface area (Å²) >= 11 is 12.7. The Morgan fingerprint density at radius 3 is 2.26 bits per heavy atom. The van der Waals surface area contributed by atoms with Crippen LogP contribution in [0.25, 0.3) is 33.3 Å². The monoisotopic (exact) mass is 552 g/mol. The summed E-state index contributed by atoms with van der Waals surface area (Å²) in [6.07, 6.45) is 8.05. The van der Waals surface area contributed by atoms with Gasteiger partial charge in [0.2, 0.25) is 0 Å². The van der Waals surface area contributed by atoms with E-state index in [-0.39, 0.29) is 0 Å². The molecule has 1 saturated heterocycles. The molecule has 4 aromatic rings. The molecule has 1 aliphatic heterocycles. The van der Waals surface area contributed by atoms with Crippen LogP contribution in [-0.4, -0.2) is 63.6 Å². The van der Waals surface area contributed by atoms with Gasteiger partial charge in [0.1, 0.15) is 23.6 Å². The Labute approximate surface area is 232 Å². The van der Waals surface area contributed by atoms with Gasteiger partial charge in [0.15, 0.2) is 0 Å². The van der Waals surface area contributed by atoms with Crippen LogP contribution >= 0.6 is 23.2 Å². The van der Waals surface area contributed by atoms with E-state index in [9.17, 15) is 0 Å². The molecule has 0 spiro atoms. The summed E-state index contributed by atoms with van der Waals surface area (Å²) in [5, 5.41) is 1.58. The fourth-order valence-corrected chi connectivity index (χ4v) is 6.74. The lowest BCUT2D eigenvalue weighted by molar-refractivity contribution is 0.0828. The fraction of sp³-hybridized carbons (Fsp3) is 0.379. The minimum Gasteiger partial charge on any atom is -0.383 e. The standard InChI is InChI=1S/C29H31Cl2FN6/c1-36-11-13-37(14-12-36)19-6-8-20(9-7-19)38-16-22(27-28(33)34-17-35-29(27)38)18-5-10-21(25(32)15-18)26-23(30)3-2-4-24(26)31/h2-5,10,15-17,19-20H,6-9,11-14H2,1H3,(H2,33,34,35). The lowest BCUT2D eigenvalue weighted by Gasteiger charge is -2.41. The van der Waals surface area contributed by atoms with E-state index in [4.69, 9.17) is 28.9 Å². The lowest BCUT2D eigenvalue weighted by atomic mass is 9.89. The van der Waals surface area contributed by atoms with E-state index in [0.717, 1.165) is 68.5 Å². The zero-order valence-electron chi connectivity index (χ0n) is 21.4. The Hall–Kier alpha value is -2.71. The zero-order valence-corrected chi connectivity index (χ0v) is 22.9. The summed E-state index contributed by atoms with van der Waals surface area (Å²) in [6.45, 7) is 4.57. The first-order valence-corrected chi connectivity index (χ1v) is 13.9. The Balaban J connectivity index is 1.32. The minimum absolute atomic E-state index is 0.315. The molecule has 1 aliphatic carbocycles. The van der Waals surface area contributed by atoms with Gasteiger partial charge in [0.05, 0.1) is 5.39 Å². The number of halogens is 3. The second kappa shape index (κ2) is 10.5. The third-order valence-electron chi connectivity index (χ3n) is 8.26. The van der Waals surface area contributed by atoms with Crippen LogP contribution in [0.15, 0.2) is 48.9 Å². The van der Waals surface area contributed by atoms with Crippen LogP contribution in [0.4, 0.5) is 10.2 Å². The van der Waals surface area contributed by atoms with Gasteiger partial charge in [-0.25, -0.2) is 14.4 Å². The van der Waals surface area contributed by atoms with Crippen LogP contribution in [0, 0.1) is 5.82 Å². The molecular formula is C29H31Cl2FN6. The average Bonchev–Trinajstić information content (AvgIpc) is 3.31. The van der Waals surface area contributed by atoms with E-state index in [0.29, 0.717) is 44.6 Å². The molecule has 38 heavy (non-hydrogen) atoms. The highest BCUT2D eigenvalue weighted by Crippen LogP contribution is 2.41. The molecule has 0 radical (unpaired) electrons. The summed E-state index contributed by atoms with van der Waals surface area (Å²) in [5.41, 5.74) is 9.55. The van der Waals surface area contributed by atoms with Gasteiger partial charge >= 0.3 is 0 Å². The number of rotatable bonds is 4.